The minimum absolute atomic E-state index is 0.0418. The number of hydrogen-bond donors (Lipinski definition) is 2. The minimum Gasteiger partial charge on any atom is -0.507 e. The Bertz CT molecular complexity index is 459. The Hall–Kier alpha value is -1.55. The van der Waals surface area contributed by atoms with Gasteiger partial charge in [0.2, 0.25) is 0 Å². The van der Waals surface area contributed by atoms with Crippen LogP contribution in [0.5, 0.6) is 5.75 Å². The van der Waals surface area contributed by atoms with Crippen LogP contribution in [-0.2, 0) is 0 Å². The molecule has 1 fully saturated rings. The van der Waals surface area contributed by atoms with Gasteiger partial charge in [-0.2, -0.15) is 0 Å². The number of carbonyl (C=O) groups excluding carboxylic acids is 1. The van der Waals surface area contributed by atoms with Crippen molar-refractivity contribution in [3.05, 3.63) is 29.3 Å². The summed E-state index contributed by atoms with van der Waals surface area (Å²) in [5.41, 5.74) is 1.33. The van der Waals surface area contributed by atoms with Gasteiger partial charge in [0, 0.05) is 12.6 Å². The van der Waals surface area contributed by atoms with Crippen LogP contribution >= 0.6 is 0 Å². The second kappa shape index (κ2) is 6.06. The molecule has 0 aliphatic carbocycles. The Morgan fingerprint density at radius 3 is 3.00 bits per heavy atom. The molecule has 0 saturated carbocycles. The second-order valence-corrected chi connectivity index (χ2v) is 5.36. The Kier molecular flexibility index (Phi) is 4.43. The van der Waals surface area contributed by atoms with Crippen LogP contribution in [0.2, 0.25) is 0 Å². The van der Waals surface area contributed by atoms with Gasteiger partial charge in [-0.15, -0.1) is 0 Å². The lowest BCUT2D eigenvalue weighted by atomic mass is 10.0. The third kappa shape index (κ3) is 3.47. The van der Waals surface area contributed by atoms with Crippen LogP contribution in [0.3, 0.4) is 0 Å². The zero-order valence-corrected chi connectivity index (χ0v) is 11.6. The predicted molar refractivity (Wildman–Crippen MR) is 75.4 cm³/mol. The summed E-state index contributed by atoms with van der Waals surface area (Å²) in [4.78, 5) is 14.4. The van der Waals surface area contributed by atoms with Gasteiger partial charge in [0.1, 0.15) is 5.75 Å². The number of piperidine rings is 1. The molecular formula is C15H22N2O2. The molecule has 1 heterocycles. The summed E-state index contributed by atoms with van der Waals surface area (Å²) >= 11 is 0. The summed E-state index contributed by atoms with van der Waals surface area (Å²) < 4.78 is 0. The van der Waals surface area contributed by atoms with E-state index in [-0.39, 0.29) is 11.7 Å². The lowest BCUT2D eigenvalue weighted by Crippen LogP contribution is -2.44. The fourth-order valence-electron chi connectivity index (χ4n) is 2.54. The number of phenols is 1. The molecule has 0 bridgehead atoms. The minimum atomic E-state index is -0.194. The summed E-state index contributed by atoms with van der Waals surface area (Å²) in [5.74, 6) is -0.153. The highest BCUT2D eigenvalue weighted by Gasteiger charge is 2.20. The highest BCUT2D eigenvalue weighted by atomic mass is 16.3. The van der Waals surface area contributed by atoms with Crippen molar-refractivity contribution in [1.82, 2.24) is 10.2 Å². The summed E-state index contributed by atoms with van der Waals surface area (Å²) in [7, 11) is 2.10. The Labute approximate surface area is 114 Å². The average molecular weight is 262 g/mol. The van der Waals surface area contributed by atoms with E-state index in [0.717, 1.165) is 18.5 Å². The molecule has 1 amide bonds. The molecule has 1 aliphatic rings. The monoisotopic (exact) mass is 262 g/mol. The van der Waals surface area contributed by atoms with Gasteiger partial charge in [-0.25, -0.2) is 0 Å². The van der Waals surface area contributed by atoms with Crippen molar-refractivity contribution in [2.45, 2.75) is 32.2 Å². The molecule has 19 heavy (non-hydrogen) atoms. The number of rotatable bonds is 3. The topological polar surface area (TPSA) is 52.6 Å². The number of aryl methyl sites for hydroxylation is 1. The van der Waals surface area contributed by atoms with Crippen LogP contribution in [-0.4, -0.2) is 42.1 Å². The maximum Gasteiger partial charge on any atom is 0.255 e. The maximum atomic E-state index is 12.1. The van der Waals surface area contributed by atoms with Crippen molar-refractivity contribution < 1.29 is 9.90 Å². The zero-order chi connectivity index (χ0) is 13.8. The van der Waals surface area contributed by atoms with Crippen LogP contribution in [0, 0.1) is 6.92 Å². The number of nitrogens with zero attached hydrogens (tertiary/aromatic N) is 1. The van der Waals surface area contributed by atoms with Crippen molar-refractivity contribution in [3.63, 3.8) is 0 Å². The summed E-state index contributed by atoms with van der Waals surface area (Å²) in [6, 6.07) is 5.48. The number of carbonyl (C=O) groups is 1. The normalized spacial score (nSPS) is 20.2. The molecule has 4 nitrogen and oxygen atoms in total. The second-order valence-electron chi connectivity index (χ2n) is 5.36. The van der Waals surface area contributed by atoms with E-state index in [4.69, 9.17) is 0 Å². The van der Waals surface area contributed by atoms with E-state index >= 15 is 0 Å². The number of aromatic hydroxyl groups is 1. The molecule has 2 N–H and O–H groups in total. The lowest BCUT2D eigenvalue weighted by molar-refractivity contribution is 0.0926. The molecule has 0 aromatic heterocycles. The van der Waals surface area contributed by atoms with Gasteiger partial charge in [-0.3, -0.25) is 4.79 Å². The van der Waals surface area contributed by atoms with Crippen molar-refractivity contribution >= 4 is 5.91 Å². The first kappa shape index (κ1) is 13.9. The van der Waals surface area contributed by atoms with E-state index < -0.39 is 0 Å². The molecule has 0 radical (unpaired) electrons. The largest absolute Gasteiger partial charge is 0.507 e. The molecule has 1 saturated heterocycles. The highest BCUT2D eigenvalue weighted by Crippen LogP contribution is 2.18. The fraction of sp³-hybridized carbons (Fsp3) is 0.533. The first-order valence-electron chi connectivity index (χ1n) is 6.86. The molecule has 1 aliphatic heterocycles. The van der Waals surface area contributed by atoms with Crippen LogP contribution in [0.4, 0.5) is 0 Å². The standard InChI is InChI=1S/C15H22N2O2/c1-11-6-7-14(18)13(9-11)15(19)16-10-12-5-3-4-8-17(12)2/h6-7,9,12,18H,3-5,8,10H2,1-2H3,(H,16,19). The van der Waals surface area contributed by atoms with Gasteiger partial charge in [0.15, 0.2) is 0 Å². The molecule has 1 aromatic carbocycles. The zero-order valence-electron chi connectivity index (χ0n) is 11.6. The van der Waals surface area contributed by atoms with E-state index in [1.54, 1.807) is 18.2 Å². The molecular weight excluding hydrogens is 240 g/mol. The maximum absolute atomic E-state index is 12.1. The van der Waals surface area contributed by atoms with Gasteiger partial charge in [0.05, 0.1) is 5.56 Å². The summed E-state index contributed by atoms with van der Waals surface area (Å²) in [6.07, 6.45) is 3.58. The van der Waals surface area contributed by atoms with Gasteiger partial charge in [0.25, 0.3) is 5.91 Å². The van der Waals surface area contributed by atoms with Crippen molar-refractivity contribution in [3.8, 4) is 5.75 Å². The average Bonchev–Trinajstić information content (AvgIpc) is 2.40. The first-order valence-corrected chi connectivity index (χ1v) is 6.86. The summed E-state index contributed by atoms with van der Waals surface area (Å²) in [5, 5.41) is 12.6. The lowest BCUT2D eigenvalue weighted by Gasteiger charge is -2.32. The Balaban J connectivity index is 1.95. The smallest absolute Gasteiger partial charge is 0.255 e. The molecule has 1 unspecified atom stereocenters. The molecule has 1 atom stereocenters. The van der Waals surface area contributed by atoms with E-state index in [9.17, 15) is 9.90 Å². The van der Waals surface area contributed by atoms with Gasteiger partial charge in [-0.1, -0.05) is 18.1 Å². The quantitative estimate of drug-likeness (QED) is 0.875. The first-order chi connectivity index (χ1) is 9.08. The van der Waals surface area contributed by atoms with Gasteiger partial charge < -0.3 is 15.3 Å². The van der Waals surface area contributed by atoms with Crippen molar-refractivity contribution in [1.29, 1.82) is 0 Å². The number of likely N-dealkylation sites (tertiary alicyclic amines) is 1. The molecule has 104 valence electrons. The van der Waals surface area contributed by atoms with E-state index in [1.165, 1.54) is 12.8 Å². The van der Waals surface area contributed by atoms with Crippen LogP contribution < -0.4 is 5.32 Å². The van der Waals surface area contributed by atoms with E-state index in [2.05, 4.69) is 17.3 Å². The SMILES string of the molecule is Cc1ccc(O)c(C(=O)NCC2CCCCN2C)c1. The van der Waals surface area contributed by atoms with E-state index in [0.29, 0.717) is 18.2 Å². The number of benzene rings is 1. The number of phenolic OH excluding ortho intramolecular Hbond substituents is 1. The Morgan fingerprint density at radius 2 is 2.26 bits per heavy atom. The number of amides is 1. The predicted octanol–water partition coefficient (Wildman–Crippen LogP) is 1.91. The van der Waals surface area contributed by atoms with Crippen LogP contribution in [0.15, 0.2) is 18.2 Å². The van der Waals surface area contributed by atoms with E-state index in [1.807, 2.05) is 6.92 Å². The third-order valence-electron chi connectivity index (χ3n) is 3.82. The van der Waals surface area contributed by atoms with Gasteiger partial charge >= 0.3 is 0 Å². The molecule has 0 spiro atoms. The molecule has 2 rings (SSSR count). The summed E-state index contributed by atoms with van der Waals surface area (Å²) in [6.45, 7) is 3.64. The fourth-order valence-corrected chi connectivity index (χ4v) is 2.54. The molecule has 4 heteroatoms. The van der Waals surface area contributed by atoms with Gasteiger partial charge in [-0.05, 0) is 45.5 Å². The third-order valence-corrected chi connectivity index (χ3v) is 3.82. The number of likely N-dealkylation sites (N-methyl/N-ethyl adjacent to an activating group) is 1. The Morgan fingerprint density at radius 1 is 1.47 bits per heavy atom. The molecule has 1 aromatic rings. The van der Waals surface area contributed by atoms with Crippen molar-refractivity contribution in [2.75, 3.05) is 20.1 Å². The highest BCUT2D eigenvalue weighted by molar-refractivity contribution is 5.97. The van der Waals surface area contributed by atoms with Crippen molar-refractivity contribution in [2.24, 2.45) is 0 Å². The van der Waals surface area contributed by atoms with Crippen LogP contribution in [0.25, 0.3) is 0 Å². The van der Waals surface area contributed by atoms with Crippen LogP contribution in [0.1, 0.15) is 35.2 Å². The number of nitrogens with one attached hydrogen (secondary N) is 1. The number of hydrogen-bond acceptors (Lipinski definition) is 3.